The quantitative estimate of drug-likeness (QED) is 0.552. The smallest absolute Gasteiger partial charge is 0.384 e. The first-order chi connectivity index (χ1) is 3.79. The van der Waals surface area contributed by atoms with Crippen LogP contribution in [0.1, 0.15) is 0 Å². The molecule has 0 spiro atoms. The summed E-state index contributed by atoms with van der Waals surface area (Å²) in [6.07, 6.45) is 0. The number of hydrogen-bond acceptors (Lipinski definition) is 3. The van der Waals surface area contributed by atoms with Gasteiger partial charge in [-0.3, -0.25) is 0 Å². The molecule has 1 heterocycles. The molecule has 1 rings (SSSR count). The third-order valence-corrected chi connectivity index (χ3v) is 0.792. The Kier molecular flexibility index (Phi) is 3.06. The van der Waals surface area contributed by atoms with Crippen LogP contribution in [-0.4, -0.2) is 4.98 Å². The molecule has 1 radical (unpaired) electrons. The molecule has 51 valence electrons. The van der Waals surface area contributed by atoms with Gasteiger partial charge in [0.05, 0.1) is 0 Å². The van der Waals surface area contributed by atoms with Crippen molar-refractivity contribution in [2.24, 2.45) is 0 Å². The molecule has 4 heteroatoms. The Bertz CT molecular complexity index is 172. The summed E-state index contributed by atoms with van der Waals surface area (Å²) in [6.45, 7) is 0. The predicted molar refractivity (Wildman–Crippen MR) is 33.1 cm³/mol. The van der Waals surface area contributed by atoms with Gasteiger partial charge in [-0.05, 0) is 12.1 Å². The van der Waals surface area contributed by atoms with Gasteiger partial charge in [-0.2, -0.15) is 0 Å². The van der Waals surface area contributed by atoms with E-state index in [9.17, 15) is 0 Å². The van der Waals surface area contributed by atoms with Gasteiger partial charge in [-0.25, -0.2) is 4.98 Å². The van der Waals surface area contributed by atoms with Crippen molar-refractivity contribution in [3.05, 3.63) is 18.2 Å². The second-order valence-corrected chi connectivity index (χ2v) is 1.49. The van der Waals surface area contributed by atoms with E-state index in [2.05, 4.69) is 4.98 Å². The van der Waals surface area contributed by atoms with E-state index in [4.69, 9.17) is 11.5 Å². The van der Waals surface area contributed by atoms with E-state index in [0.717, 1.165) is 0 Å². The topological polar surface area (TPSA) is 64.9 Å². The maximum Gasteiger partial charge on any atom is 2.00 e. The fourth-order valence-electron chi connectivity index (χ4n) is 0.469. The third kappa shape index (κ3) is 2.35. The number of anilines is 2. The zero-order valence-corrected chi connectivity index (χ0v) is 5.58. The summed E-state index contributed by atoms with van der Waals surface area (Å²) in [5.74, 6) is 0.926. The van der Waals surface area contributed by atoms with Gasteiger partial charge in [0.2, 0.25) is 0 Å². The van der Waals surface area contributed by atoms with Crippen molar-refractivity contribution in [2.45, 2.75) is 0 Å². The standard InChI is InChI=1S/C5H7N3.Cu/c6-4-2-1-3-5(7)8-4;/h1-3H,(H4,6,7,8);/q;+2. The Hall–Kier alpha value is -0.731. The van der Waals surface area contributed by atoms with Crippen molar-refractivity contribution in [1.82, 2.24) is 4.98 Å². The molecule has 1 aromatic rings. The average Bonchev–Trinajstić information content (AvgIpc) is 1.64. The van der Waals surface area contributed by atoms with E-state index in [1.807, 2.05) is 0 Å². The Balaban J connectivity index is 0.000000640. The van der Waals surface area contributed by atoms with Gasteiger partial charge in [-0.15, -0.1) is 0 Å². The number of rotatable bonds is 0. The van der Waals surface area contributed by atoms with Gasteiger partial charge < -0.3 is 11.5 Å². The SMILES string of the molecule is Nc1cccc(N)n1.[Cu+2]. The van der Waals surface area contributed by atoms with Crippen LogP contribution in [0, 0.1) is 0 Å². The molecule has 0 bridgehead atoms. The Morgan fingerprint density at radius 3 is 1.78 bits per heavy atom. The first-order valence-electron chi connectivity index (χ1n) is 2.27. The van der Waals surface area contributed by atoms with E-state index >= 15 is 0 Å². The Morgan fingerprint density at radius 2 is 1.56 bits per heavy atom. The van der Waals surface area contributed by atoms with E-state index in [1.54, 1.807) is 18.2 Å². The van der Waals surface area contributed by atoms with Crippen LogP contribution in [0.15, 0.2) is 18.2 Å². The van der Waals surface area contributed by atoms with Crippen molar-refractivity contribution in [3.63, 3.8) is 0 Å². The number of nitrogens with zero attached hydrogens (tertiary/aromatic N) is 1. The summed E-state index contributed by atoms with van der Waals surface area (Å²) < 4.78 is 0. The normalized spacial score (nSPS) is 8.00. The van der Waals surface area contributed by atoms with Crippen LogP contribution in [0.5, 0.6) is 0 Å². The predicted octanol–water partition coefficient (Wildman–Crippen LogP) is 0.243. The van der Waals surface area contributed by atoms with Gasteiger partial charge in [0.1, 0.15) is 11.6 Å². The molecule has 4 N–H and O–H groups in total. The molecule has 0 aliphatic carbocycles. The second-order valence-electron chi connectivity index (χ2n) is 1.49. The summed E-state index contributed by atoms with van der Waals surface area (Å²) in [5, 5.41) is 0. The fourth-order valence-corrected chi connectivity index (χ4v) is 0.469. The minimum Gasteiger partial charge on any atom is -0.384 e. The van der Waals surface area contributed by atoms with E-state index < -0.39 is 0 Å². The van der Waals surface area contributed by atoms with Crippen molar-refractivity contribution in [1.29, 1.82) is 0 Å². The van der Waals surface area contributed by atoms with Crippen LogP contribution < -0.4 is 11.5 Å². The summed E-state index contributed by atoms with van der Waals surface area (Å²) >= 11 is 0. The van der Waals surface area contributed by atoms with Gasteiger partial charge in [0.15, 0.2) is 0 Å². The molecule has 1 aromatic heterocycles. The van der Waals surface area contributed by atoms with E-state index in [1.165, 1.54) is 0 Å². The number of hydrogen-bond donors (Lipinski definition) is 2. The number of nitrogens with two attached hydrogens (primary N) is 2. The van der Waals surface area contributed by atoms with Crippen molar-refractivity contribution < 1.29 is 17.1 Å². The first kappa shape index (κ1) is 8.27. The average molecular weight is 173 g/mol. The largest absolute Gasteiger partial charge is 2.00 e. The van der Waals surface area contributed by atoms with Crippen molar-refractivity contribution in [2.75, 3.05) is 11.5 Å². The zero-order valence-electron chi connectivity index (χ0n) is 4.64. The number of aromatic nitrogens is 1. The molecular formula is C5H7CuN3+2. The first-order valence-corrected chi connectivity index (χ1v) is 2.27. The zero-order chi connectivity index (χ0) is 5.98. The summed E-state index contributed by atoms with van der Waals surface area (Å²) in [6, 6.07) is 5.14. The van der Waals surface area contributed by atoms with Crippen molar-refractivity contribution >= 4 is 11.6 Å². The molecule has 0 atom stereocenters. The minimum atomic E-state index is 0. The fraction of sp³-hybridized carbons (Fsp3) is 0. The van der Waals surface area contributed by atoms with Crippen LogP contribution in [0.4, 0.5) is 11.6 Å². The molecule has 0 saturated heterocycles. The van der Waals surface area contributed by atoms with Gasteiger partial charge in [0, 0.05) is 0 Å². The van der Waals surface area contributed by atoms with E-state index in [0.29, 0.717) is 11.6 Å². The van der Waals surface area contributed by atoms with Gasteiger partial charge in [-0.1, -0.05) is 6.07 Å². The summed E-state index contributed by atoms with van der Waals surface area (Å²) in [5.41, 5.74) is 10.5. The molecule has 0 amide bonds. The van der Waals surface area contributed by atoms with Crippen molar-refractivity contribution in [3.8, 4) is 0 Å². The molecule has 0 aromatic carbocycles. The molecule has 0 aliphatic rings. The summed E-state index contributed by atoms with van der Waals surface area (Å²) in [7, 11) is 0. The third-order valence-electron chi connectivity index (χ3n) is 0.792. The van der Waals surface area contributed by atoms with Gasteiger partial charge in [0.25, 0.3) is 0 Å². The second kappa shape index (κ2) is 3.33. The van der Waals surface area contributed by atoms with Crippen LogP contribution in [0.3, 0.4) is 0 Å². The monoisotopic (exact) mass is 172 g/mol. The Labute approximate surface area is 63.9 Å². The maximum atomic E-state index is 5.27. The number of pyridine rings is 1. The molecule has 0 fully saturated rings. The van der Waals surface area contributed by atoms with Crippen LogP contribution in [-0.2, 0) is 17.1 Å². The number of nitrogen functional groups attached to an aromatic ring is 2. The van der Waals surface area contributed by atoms with Crippen LogP contribution >= 0.6 is 0 Å². The van der Waals surface area contributed by atoms with Crippen LogP contribution in [0.2, 0.25) is 0 Å². The molecular weight excluding hydrogens is 166 g/mol. The molecule has 3 nitrogen and oxygen atoms in total. The molecule has 0 unspecified atom stereocenters. The van der Waals surface area contributed by atoms with E-state index in [-0.39, 0.29) is 17.1 Å². The molecule has 0 aliphatic heterocycles. The molecule has 0 saturated carbocycles. The van der Waals surface area contributed by atoms with Crippen LogP contribution in [0.25, 0.3) is 0 Å². The Morgan fingerprint density at radius 1 is 1.11 bits per heavy atom. The molecule has 9 heavy (non-hydrogen) atoms. The minimum absolute atomic E-state index is 0. The van der Waals surface area contributed by atoms with Gasteiger partial charge >= 0.3 is 17.1 Å². The maximum absolute atomic E-state index is 5.27. The summed E-state index contributed by atoms with van der Waals surface area (Å²) in [4.78, 5) is 3.73.